The van der Waals surface area contributed by atoms with E-state index in [1.54, 1.807) is 10.9 Å². The molecule has 1 aromatic heterocycles. The third-order valence-corrected chi connectivity index (χ3v) is 2.43. The van der Waals surface area contributed by atoms with E-state index in [4.69, 9.17) is 4.74 Å². The molecule has 1 heterocycles. The minimum Gasteiger partial charge on any atom is -0.493 e. The lowest BCUT2D eigenvalue weighted by Crippen LogP contribution is -2.21. The second kappa shape index (κ2) is 5.14. The lowest BCUT2D eigenvalue weighted by Gasteiger charge is -2.18. The minimum atomic E-state index is -0.951. The number of nitrogens with zero attached hydrogens (tertiary/aromatic N) is 2. The molecule has 0 aromatic carbocycles. The summed E-state index contributed by atoms with van der Waals surface area (Å²) in [5.74, 6) is 0.511. The summed E-state index contributed by atoms with van der Waals surface area (Å²) in [6.07, 6.45) is 0.289. The van der Waals surface area contributed by atoms with Crippen molar-refractivity contribution in [1.82, 2.24) is 9.78 Å². The molecule has 1 aromatic rings. The zero-order valence-electron chi connectivity index (χ0n) is 9.34. The molecular formula is C10H18N2O3. The van der Waals surface area contributed by atoms with Crippen LogP contribution in [0.3, 0.4) is 0 Å². The lowest BCUT2D eigenvalue weighted by molar-refractivity contribution is 0.00987. The number of aromatic nitrogens is 2. The first-order valence-electron chi connectivity index (χ1n) is 5.11. The molecule has 5 nitrogen and oxygen atoms in total. The second-order valence-corrected chi connectivity index (χ2v) is 3.33. The van der Waals surface area contributed by atoms with Crippen LogP contribution in [0.4, 0.5) is 0 Å². The van der Waals surface area contributed by atoms with E-state index in [2.05, 4.69) is 5.10 Å². The predicted octanol–water partition coefficient (Wildman–Crippen LogP) is 0.716. The Labute approximate surface area is 89.3 Å². The molecule has 0 radical (unpaired) electrons. The third kappa shape index (κ3) is 2.30. The first-order valence-corrected chi connectivity index (χ1v) is 5.11. The molecular weight excluding hydrogens is 196 g/mol. The zero-order chi connectivity index (χ0) is 11.4. The van der Waals surface area contributed by atoms with Gasteiger partial charge in [-0.3, -0.25) is 4.68 Å². The summed E-state index contributed by atoms with van der Waals surface area (Å²) in [4.78, 5) is 0. The van der Waals surface area contributed by atoms with Gasteiger partial charge in [-0.1, -0.05) is 6.92 Å². The Hall–Kier alpha value is -1.07. The molecule has 0 saturated heterocycles. The van der Waals surface area contributed by atoms with Gasteiger partial charge in [-0.2, -0.15) is 5.10 Å². The van der Waals surface area contributed by atoms with E-state index in [0.29, 0.717) is 24.4 Å². The van der Waals surface area contributed by atoms with Crippen LogP contribution in [0.5, 0.6) is 5.75 Å². The Morgan fingerprint density at radius 3 is 2.60 bits per heavy atom. The molecule has 5 heteroatoms. The smallest absolute Gasteiger partial charge is 0.162 e. The fraction of sp³-hybridized carbons (Fsp3) is 0.700. The Balaban J connectivity index is 3.03. The highest BCUT2D eigenvalue weighted by atomic mass is 16.5. The molecule has 0 aliphatic rings. The predicted molar refractivity (Wildman–Crippen MR) is 55.7 cm³/mol. The molecule has 0 aliphatic heterocycles. The summed E-state index contributed by atoms with van der Waals surface area (Å²) in [5.41, 5.74) is 0.536. The van der Waals surface area contributed by atoms with Crippen molar-refractivity contribution in [2.75, 3.05) is 7.11 Å². The summed E-state index contributed by atoms with van der Waals surface area (Å²) in [5, 5.41) is 23.6. The van der Waals surface area contributed by atoms with Crippen molar-refractivity contribution in [2.45, 2.75) is 39.0 Å². The quantitative estimate of drug-likeness (QED) is 0.757. The SMILES string of the molecule is CCC(O)C(O)c1c(OC)cnn1CC. The standard InChI is InChI=1S/C10H18N2O3/c1-4-7(13)10(14)9-8(15-3)6-11-12(9)5-2/h6-7,10,13-14H,4-5H2,1-3H3. The molecule has 0 aliphatic carbocycles. The molecule has 0 saturated carbocycles. The monoisotopic (exact) mass is 214 g/mol. The van der Waals surface area contributed by atoms with Crippen LogP contribution in [-0.4, -0.2) is 33.2 Å². The van der Waals surface area contributed by atoms with E-state index in [1.165, 1.54) is 7.11 Å². The van der Waals surface area contributed by atoms with E-state index < -0.39 is 12.2 Å². The van der Waals surface area contributed by atoms with Crippen molar-refractivity contribution in [3.05, 3.63) is 11.9 Å². The molecule has 1 rings (SSSR count). The van der Waals surface area contributed by atoms with Gasteiger partial charge in [0.05, 0.1) is 19.4 Å². The van der Waals surface area contributed by atoms with Crippen LogP contribution in [-0.2, 0) is 6.54 Å². The lowest BCUT2D eigenvalue weighted by atomic mass is 10.1. The van der Waals surface area contributed by atoms with Crippen LogP contribution < -0.4 is 4.74 Å². The fourth-order valence-corrected chi connectivity index (χ4v) is 1.49. The first kappa shape index (κ1) is 12.0. The van der Waals surface area contributed by atoms with Gasteiger partial charge in [-0.05, 0) is 13.3 Å². The van der Waals surface area contributed by atoms with E-state index in [-0.39, 0.29) is 0 Å². The number of aryl methyl sites for hydroxylation is 1. The number of methoxy groups -OCH3 is 1. The van der Waals surface area contributed by atoms with Crippen molar-refractivity contribution < 1.29 is 14.9 Å². The topological polar surface area (TPSA) is 67.5 Å². The maximum Gasteiger partial charge on any atom is 0.162 e. The Morgan fingerprint density at radius 2 is 2.13 bits per heavy atom. The van der Waals surface area contributed by atoms with E-state index in [9.17, 15) is 10.2 Å². The molecule has 0 bridgehead atoms. The maximum atomic E-state index is 9.91. The largest absolute Gasteiger partial charge is 0.493 e. The van der Waals surface area contributed by atoms with Gasteiger partial charge in [0.2, 0.25) is 0 Å². The van der Waals surface area contributed by atoms with Gasteiger partial charge in [-0.15, -0.1) is 0 Å². The van der Waals surface area contributed by atoms with E-state index in [0.717, 1.165) is 0 Å². The van der Waals surface area contributed by atoms with Crippen LogP contribution in [0, 0.1) is 0 Å². The van der Waals surface area contributed by atoms with Crippen molar-refractivity contribution in [3.63, 3.8) is 0 Å². The Bertz CT molecular complexity index is 290. The number of aliphatic hydroxyl groups excluding tert-OH is 2. The number of rotatable bonds is 5. The molecule has 2 unspecified atom stereocenters. The van der Waals surface area contributed by atoms with E-state index >= 15 is 0 Å². The van der Waals surface area contributed by atoms with E-state index in [1.807, 2.05) is 13.8 Å². The minimum absolute atomic E-state index is 0.485. The van der Waals surface area contributed by atoms with Gasteiger partial charge in [0.25, 0.3) is 0 Å². The van der Waals surface area contributed by atoms with Crippen molar-refractivity contribution in [2.24, 2.45) is 0 Å². The van der Waals surface area contributed by atoms with Gasteiger partial charge in [-0.25, -0.2) is 0 Å². The van der Waals surface area contributed by atoms with Crippen molar-refractivity contribution in [3.8, 4) is 5.75 Å². The number of ether oxygens (including phenoxy) is 1. The molecule has 0 amide bonds. The summed E-state index contributed by atoms with van der Waals surface area (Å²) in [6.45, 7) is 4.36. The zero-order valence-corrected chi connectivity index (χ0v) is 9.34. The normalized spacial score (nSPS) is 15.0. The number of hydrogen-bond donors (Lipinski definition) is 2. The molecule has 2 N–H and O–H groups in total. The van der Waals surface area contributed by atoms with Crippen LogP contribution in [0.15, 0.2) is 6.20 Å². The van der Waals surface area contributed by atoms with Gasteiger partial charge < -0.3 is 14.9 Å². The summed E-state index contributed by atoms with van der Waals surface area (Å²) >= 11 is 0. The highest BCUT2D eigenvalue weighted by molar-refractivity contribution is 5.27. The van der Waals surface area contributed by atoms with Crippen LogP contribution in [0.25, 0.3) is 0 Å². The van der Waals surface area contributed by atoms with Crippen LogP contribution >= 0.6 is 0 Å². The van der Waals surface area contributed by atoms with Crippen molar-refractivity contribution >= 4 is 0 Å². The average molecular weight is 214 g/mol. The molecule has 0 fully saturated rings. The maximum absolute atomic E-state index is 9.91. The summed E-state index contributed by atoms with van der Waals surface area (Å²) in [6, 6.07) is 0. The molecule has 86 valence electrons. The summed E-state index contributed by atoms with van der Waals surface area (Å²) < 4.78 is 6.72. The molecule has 2 atom stereocenters. The highest BCUT2D eigenvalue weighted by Crippen LogP contribution is 2.27. The Morgan fingerprint density at radius 1 is 1.47 bits per heavy atom. The second-order valence-electron chi connectivity index (χ2n) is 3.33. The van der Waals surface area contributed by atoms with Gasteiger partial charge in [0.15, 0.2) is 5.75 Å². The van der Waals surface area contributed by atoms with Gasteiger partial charge in [0, 0.05) is 6.54 Å². The number of hydrogen-bond acceptors (Lipinski definition) is 4. The first-order chi connectivity index (χ1) is 7.15. The van der Waals surface area contributed by atoms with Crippen LogP contribution in [0.1, 0.15) is 32.1 Å². The fourth-order valence-electron chi connectivity index (χ4n) is 1.49. The number of aliphatic hydroxyl groups is 2. The van der Waals surface area contributed by atoms with Crippen LogP contribution in [0.2, 0.25) is 0 Å². The highest BCUT2D eigenvalue weighted by Gasteiger charge is 2.24. The third-order valence-electron chi connectivity index (χ3n) is 2.43. The summed E-state index contributed by atoms with van der Waals surface area (Å²) in [7, 11) is 1.52. The molecule has 15 heavy (non-hydrogen) atoms. The average Bonchev–Trinajstić information content (AvgIpc) is 2.69. The van der Waals surface area contributed by atoms with Crippen molar-refractivity contribution in [1.29, 1.82) is 0 Å². The van der Waals surface area contributed by atoms with Gasteiger partial charge in [0.1, 0.15) is 11.8 Å². The Kier molecular flexibility index (Phi) is 4.11. The van der Waals surface area contributed by atoms with Gasteiger partial charge >= 0.3 is 0 Å². The molecule has 0 spiro atoms.